The summed E-state index contributed by atoms with van der Waals surface area (Å²) < 4.78 is 0. The van der Waals surface area contributed by atoms with Crippen LogP contribution in [0.4, 0.5) is 5.69 Å². The van der Waals surface area contributed by atoms with E-state index in [-0.39, 0.29) is 18.0 Å². The number of allylic oxidation sites excluding steroid dienone is 1. The average molecular weight is 488 g/mol. The van der Waals surface area contributed by atoms with Crippen molar-refractivity contribution in [1.29, 1.82) is 0 Å². The van der Waals surface area contributed by atoms with Crippen LogP contribution >= 0.6 is 23.2 Å². The topological polar surface area (TPSA) is 68.8 Å². The number of nitrogens with one attached hydrogen (secondary N) is 3. The van der Waals surface area contributed by atoms with Crippen LogP contribution in [0.2, 0.25) is 10.0 Å². The highest BCUT2D eigenvalue weighted by Gasteiger charge is 2.31. The van der Waals surface area contributed by atoms with Gasteiger partial charge in [-0.05, 0) is 62.6 Å². The summed E-state index contributed by atoms with van der Waals surface area (Å²) in [5.41, 5.74) is 2.98. The third-order valence-electron chi connectivity index (χ3n) is 6.36. The molecule has 33 heavy (non-hydrogen) atoms. The molecule has 2 fully saturated rings. The maximum Gasteiger partial charge on any atom is 0.242 e. The molecule has 1 aromatic carbocycles. The lowest BCUT2D eigenvalue weighted by atomic mass is 10.0. The number of likely N-dealkylation sites (tertiary alicyclic amines) is 1. The first-order chi connectivity index (χ1) is 15.9. The Morgan fingerprint density at radius 2 is 2.03 bits per heavy atom. The lowest BCUT2D eigenvalue weighted by Gasteiger charge is -2.36. The van der Waals surface area contributed by atoms with Gasteiger partial charge in [0.05, 0.1) is 0 Å². The molecule has 0 aromatic heterocycles. The Hall–Kier alpha value is -2.44. The lowest BCUT2D eigenvalue weighted by molar-refractivity contribution is -0.123. The minimum atomic E-state index is -0.310. The molecule has 1 saturated heterocycles. The van der Waals surface area contributed by atoms with Crippen molar-refractivity contribution in [2.45, 2.75) is 51.1 Å². The Bertz CT molecular complexity index is 978. The first kappa shape index (κ1) is 23.7. The van der Waals surface area contributed by atoms with Crippen molar-refractivity contribution in [1.82, 2.24) is 15.5 Å². The highest BCUT2D eigenvalue weighted by Crippen LogP contribution is 2.35. The fraction of sp³-hybridized carbons (Fsp3) is 0.440. The Balaban J connectivity index is 1.41. The first-order valence-corrected chi connectivity index (χ1v) is 12.3. The number of amides is 1. The van der Waals surface area contributed by atoms with E-state index >= 15 is 0 Å². The van der Waals surface area contributed by atoms with Gasteiger partial charge in [-0.15, -0.1) is 0 Å². The number of hydrogen-bond donors (Lipinski definition) is 3. The van der Waals surface area contributed by atoms with E-state index in [1.54, 1.807) is 18.5 Å². The molecule has 0 spiro atoms. The number of rotatable bonds is 8. The number of hydrogen-bond acceptors (Lipinski definition) is 5. The third kappa shape index (κ3) is 6.33. The molecule has 176 valence electrons. The minimum absolute atomic E-state index is 0.0338. The average Bonchev–Trinajstić information content (AvgIpc) is 3.47. The highest BCUT2D eigenvalue weighted by molar-refractivity contribution is 6.35. The molecule has 2 atom stereocenters. The summed E-state index contributed by atoms with van der Waals surface area (Å²) in [4.78, 5) is 20.0. The van der Waals surface area contributed by atoms with Gasteiger partial charge >= 0.3 is 0 Å². The predicted molar refractivity (Wildman–Crippen MR) is 137 cm³/mol. The van der Waals surface area contributed by atoms with Gasteiger partial charge in [0.15, 0.2) is 0 Å². The van der Waals surface area contributed by atoms with Crippen molar-refractivity contribution in [3.8, 4) is 0 Å². The number of piperidine rings is 1. The number of anilines is 1. The molecule has 1 amide bonds. The van der Waals surface area contributed by atoms with E-state index in [4.69, 9.17) is 23.2 Å². The summed E-state index contributed by atoms with van der Waals surface area (Å²) in [5, 5.41) is 10.9. The summed E-state index contributed by atoms with van der Waals surface area (Å²) in [6, 6.07) is 5.09. The second-order valence-electron chi connectivity index (χ2n) is 8.97. The van der Waals surface area contributed by atoms with Crippen LogP contribution in [0.3, 0.4) is 0 Å². The van der Waals surface area contributed by atoms with Crippen molar-refractivity contribution < 1.29 is 4.79 Å². The zero-order valence-corrected chi connectivity index (χ0v) is 20.4. The second kappa shape index (κ2) is 10.7. The zero-order chi connectivity index (χ0) is 23.4. The highest BCUT2D eigenvalue weighted by atomic mass is 35.5. The van der Waals surface area contributed by atoms with E-state index in [0.29, 0.717) is 16.0 Å². The van der Waals surface area contributed by atoms with Crippen LogP contribution in [0.25, 0.3) is 0 Å². The fourth-order valence-electron chi connectivity index (χ4n) is 4.47. The van der Waals surface area contributed by atoms with Crippen LogP contribution in [-0.4, -0.2) is 41.8 Å². The van der Waals surface area contributed by atoms with Crippen LogP contribution in [0.5, 0.6) is 0 Å². The van der Waals surface area contributed by atoms with E-state index in [0.717, 1.165) is 55.1 Å². The van der Waals surface area contributed by atoms with Gasteiger partial charge in [0.25, 0.3) is 0 Å². The van der Waals surface area contributed by atoms with E-state index in [2.05, 4.69) is 39.3 Å². The molecule has 1 saturated carbocycles. The van der Waals surface area contributed by atoms with Gasteiger partial charge in [0.2, 0.25) is 5.91 Å². The number of amidine groups is 1. The Morgan fingerprint density at radius 3 is 2.73 bits per heavy atom. The van der Waals surface area contributed by atoms with E-state index in [9.17, 15) is 4.79 Å². The first-order valence-electron chi connectivity index (χ1n) is 11.5. The zero-order valence-electron chi connectivity index (χ0n) is 18.9. The SMILES string of the molecule is C=CNC1=NC=C/C1=C(/C)N1CCCC(NC(=O)C(CC2CC2)Nc2cc(Cl)cc(Cl)c2)C1. The molecule has 2 heterocycles. The third-order valence-corrected chi connectivity index (χ3v) is 6.79. The Labute approximate surface area is 205 Å². The Kier molecular flexibility index (Phi) is 7.66. The normalized spacial score (nSPS) is 22.5. The summed E-state index contributed by atoms with van der Waals surface area (Å²) in [7, 11) is 0. The standard InChI is InChI=1S/C25H31Cl2N5O/c1-3-28-24-22(8-9-29-24)16(2)32-10-4-5-20(15-32)31-25(33)23(11-17-6-7-17)30-21-13-18(26)12-19(27)14-21/h3,8-9,12-14,17,20,23,30H,1,4-7,10-11,15H2,2H3,(H,28,29)(H,31,33)/b22-16+. The molecule has 0 bridgehead atoms. The van der Waals surface area contributed by atoms with Crippen molar-refractivity contribution >= 4 is 40.6 Å². The molecule has 1 aliphatic carbocycles. The van der Waals surface area contributed by atoms with Crippen molar-refractivity contribution in [2.24, 2.45) is 10.9 Å². The number of benzene rings is 1. The number of aliphatic imine (C=N–C) groups is 1. The molecule has 2 aliphatic heterocycles. The quantitative estimate of drug-likeness (QED) is 0.477. The maximum absolute atomic E-state index is 13.3. The summed E-state index contributed by atoms with van der Waals surface area (Å²) >= 11 is 12.3. The van der Waals surface area contributed by atoms with Gasteiger partial charge in [0.1, 0.15) is 11.9 Å². The molecule has 3 N–H and O–H groups in total. The largest absolute Gasteiger partial charge is 0.374 e. The smallest absolute Gasteiger partial charge is 0.242 e. The fourth-order valence-corrected chi connectivity index (χ4v) is 4.99. The maximum atomic E-state index is 13.3. The molecular weight excluding hydrogens is 457 g/mol. The molecule has 8 heteroatoms. The minimum Gasteiger partial charge on any atom is -0.374 e. The molecule has 0 radical (unpaired) electrons. The Morgan fingerprint density at radius 1 is 1.27 bits per heavy atom. The van der Waals surface area contributed by atoms with Gasteiger partial charge in [-0.3, -0.25) is 4.79 Å². The van der Waals surface area contributed by atoms with Crippen LogP contribution in [-0.2, 0) is 4.79 Å². The lowest BCUT2D eigenvalue weighted by Crippen LogP contribution is -2.51. The number of halogens is 2. The van der Waals surface area contributed by atoms with E-state index < -0.39 is 0 Å². The number of carbonyl (C=O) groups is 1. The predicted octanol–water partition coefficient (Wildman–Crippen LogP) is 5.09. The molecule has 6 nitrogen and oxygen atoms in total. The van der Waals surface area contributed by atoms with Crippen LogP contribution in [0.15, 0.2) is 59.5 Å². The van der Waals surface area contributed by atoms with E-state index in [1.165, 1.54) is 12.8 Å². The summed E-state index contributed by atoms with van der Waals surface area (Å²) in [6.45, 7) is 7.57. The van der Waals surface area contributed by atoms with Crippen molar-refractivity contribution in [3.63, 3.8) is 0 Å². The molecule has 1 aromatic rings. The van der Waals surface area contributed by atoms with Gasteiger partial charge in [-0.2, -0.15) is 0 Å². The van der Waals surface area contributed by atoms with Crippen LogP contribution in [0, 0.1) is 5.92 Å². The number of nitrogens with zero attached hydrogens (tertiary/aromatic N) is 2. The molecule has 4 rings (SSSR count). The van der Waals surface area contributed by atoms with Crippen LogP contribution < -0.4 is 16.0 Å². The monoisotopic (exact) mass is 487 g/mol. The summed E-state index contributed by atoms with van der Waals surface area (Å²) in [6.07, 6.45) is 10.6. The molecule has 2 unspecified atom stereocenters. The molecule has 3 aliphatic rings. The van der Waals surface area contributed by atoms with Crippen molar-refractivity contribution in [3.05, 3.63) is 64.6 Å². The second-order valence-corrected chi connectivity index (χ2v) is 9.84. The summed E-state index contributed by atoms with van der Waals surface area (Å²) in [5.74, 6) is 1.44. The number of carbonyl (C=O) groups excluding carboxylic acids is 1. The van der Waals surface area contributed by atoms with Crippen molar-refractivity contribution in [2.75, 3.05) is 18.4 Å². The van der Waals surface area contributed by atoms with Gasteiger partial charge in [0, 0.05) is 52.3 Å². The van der Waals surface area contributed by atoms with Crippen LogP contribution in [0.1, 0.15) is 39.0 Å². The van der Waals surface area contributed by atoms with Gasteiger partial charge in [-0.25, -0.2) is 4.99 Å². The van der Waals surface area contributed by atoms with E-state index in [1.807, 2.05) is 18.2 Å². The molecular formula is C25H31Cl2N5O. The van der Waals surface area contributed by atoms with Gasteiger partial charge in [-0.1, -0.05) is 42.6 Å². The van der Waals surface area contributed by atoms with Gasteiger partial charge < -0.3 is 20.9 Å².